The number of halogens is 1. The van der Waals surface area contributed by atoms with Gasteiger partial charge in [-0.15, -0.1) is 0 Å². The quantitative estimate of drug-likeness (QED) is 0.284. The van der Waals surface area contributed by atoms with Crippen molar-refractivity contribution in [1.29, 1.82) is 0 Å². The average Bonchev–Trinajstić information content (AvgIpc) is 2.81. The van der Waals surface area contributed by atoms with E-state index >= 15 is 0 Å². The topological polar surface area (TPSA) is 115 Å². The van der Waals surface area contributed by atoms with Crippen molar-refractivity contribution < 1.29 is 28.6 Å². The molecule has 2 rings (SSSR count). The van der Waals surface area contributed by atoms with Crippen molar-refractivity contribution in [2.75, 3.05) is 20.3 Å². The van der Waals surface area contributed by atoms with Crippen molar-refractivity contribution >= 4 is 35.6 Å². The van der Waals surface area contributed by atoms with E-state index in [1.807, 2.05) is 13.8 Å². The molecule has 2 aromatic carbocycles. The van der Waals surface area contributed by atoms with Gasteiger partial charge in [-0.3, -0.25) is 9.59 Å². The van der Waals surface area contributed by atoms with Gasteiger partial charge in [-0.05, 0) is 60.9 Å². The summed E-state index contributed by atoms with van der Waals surface area (Å²) in [5, 5.41) is 7.21. The van der Waals surface area contributed by atoms with Crippen molar-refractivity contribution in [3.05, 3.63) is 58.6 Å². The Morgan fingerprint density at radius 3 is 2.41 bits per heavy atom. The molecule has 0 bridgehead atoms. The molecule has 0 aromatic heterocycles. The number of nitrogens with one attached hydrogen (secondary N) is 2. The molecule has 0 radical (unpaired) electrons. The van der Waals surface area contributed by atoms with Gasteiger partial charge in [0, 0.05) is 10.6 Å². The van der Waals surface area contributed by atoms with Crippen LogP contribution in [0.25, 0.3) is 0 Å². The van der Waals surface area contributed by atoms with Crippen LogP contribution in [-0.2, 0) is 14.3 Å². The van der Waals surface area contributed by atoms with Crippen LogP contribution in [0.5, 0.6) is 11.5 Å². The minimum Gasteiger partial charge on any atom is -0.493 e. The van der Waals surface area contributed by atoms with E-state index in [9.17, 15) is 14.4 Å². The highest BCUT2D eigenvalue weighted by Crippen LogP contribution is 2.27. The third-order valence-electron chi connectivity index (χ3n) is 4.57. The number of amides is 2. The van der Waals surface area contributed by atoms with E-state index in [2.05, 4.69) is 15.8 Å². The van der Waals surface area contributed by atoms with Gasteiger partial charge < -0.3 is 19.5 Å². The Morgan fingerprint density at radius 1 is 1.09 bits per heavy atom. The smallest absolute Gasteiger partial charge is 0.344 e. The molecule has 1 unspecified atom stereocenters. The monoisotopic (exact) mass is 489 g/mol. The van der Waals surface area contributed by atoms with Gasteiger partial charge >= 0.3 is 5.97 Å². The fraction of sp³-hybridized carbons (Fsp3) is 0.333. The third-order valence-corrected chi connectivity index (χ3v) is 4.82. The zero-order valence-corrected chi connectivity index (χ0v) is 20.2. The number of esters is 1. The fourth-order valence-electron chi connectivity index (χ4n) is 2.82. The highest BCUT2D eigenvalue weighted by atomic mass is 35.5. The molecule has 1 atom stereocenters. The van der Waals surface area contributed by atoms with Crippen molar-refractivity contribution in [2.24, 2.45) is 11.0 Å². The third kappa shape index (κ3) is 8.08. The molecule has 0 aliphatic heterocycles. The van der Waals surface area contributed by atoms with Gasteiger partial charge in [-0.2, -0.15) is 5.10 Å². The first-order valence-electron chi connectivity index (χ1n) is 10.6. The second-order valence-electron chi connectivity index (χ2n) is 7.44. The maximum absolute atomic E-state index is 12.6. The fourth-order valence-corrected chi connectivity index (χ4v) is 2.95. The van der Waals surface area contributed by atoms with Gasteiger partial charge in [0.2, 0.25) is 0 Å². The van der Waals surface area contributed by atoms with Gasteiger partial charge in [-0.1, -0.05) is 25.4 Å². The molecule has 0 fully saturated rings. The molecule has 0 heterocycles. The van der Waals surface area contributed by atoms with Crippen molar-refractivity contribution in [2.45, 2.75) is 26.8 Å². The van der Waals surface area contributed by atoms with Crippen LogP contribution in [-0.4, -0.2) is 50.4 Å². The summed E-state index contributed by atoms with van der Waals surface area (Å²) in [5.41, 5.74) is 3.46. The Bertz CT molecular complexity index is 1020. The van der Waals surface area contributed by atoms with Crippen molar-refractivity contribution in [3.63, 3.8) is 0 Å². The van der Waals surface area contributed by atoms with Crippen LogP contribution in [0.15, 0.2) is 47.6 Å². The molecule has 182 valence electrons. The zero-order chi connectivity index (χ0) is 25.1. The maximum atomic E-state index is 12.6. The summed E-state index contributed by atoms with van der Waals surface area (Å²) in [4.78, 5) is 36.6. The molecule has 34 heavy (non-hydrogen) atoms. The number of benzene rings is 2. The second kappa shape index (κ2) is 13.2. The highest BCUT2D eigenvalue weighted by molar-refractivity contribution is 6.30. The standard InChI is InChI=1S/C24H28ClN3O6/c1-5-33-21(29)14-34-19-11-6-16(12-20(19)32-4)13-26-28-24(31)22(15(2)3)27-23(30)17-7-9-18(25)10-8-17/h6-13,15,22H,5,14H2,1-4H3,(H,27,30)(H,28,31)/b26-13-. The molecule has 0 saturated carbocycles. The predicted molar refractivity (Wildman–Crippen MR) is 128 cm³/mol. The van der Waals surface area contributed by atoms with Gasteiger partial charge in [0.1, 0.15) is 6.04 Å². The molecule has 2 aromatic rings. The van der Waals surface area contributed by atoms with Crippen LogP contribution in [0, 0.1) is 5.92 Å². The normalized spacial score (nSPS) is 11.7. The first kappa shape index (κ1) is 26.7. The summed E-state index contributed by atoms with van der Waals surface area (Å²) < 4.78 is 15.5. The minimum atomic E-state index is -0.798. The molecule has 2 N–H and O–H groups in total. The molecule has 10 heteroatoms. The summed E-state index contributed by atoms with van der Waals surface area (Å²) in [5.74, 6) is -0.771. The van der Waals surface area contributed by atoms with Crippen LogP contribution in [0.1, 0.15) is 36.7 Å². The van der Waals surface area contributed by atoms with Crippen LogP contribution < -0.4 is 20.2 Å². The Kier molecular flexibility index (Phi) is 10.3. The van der Waals surface area contributed by atoms with Gasteiger partial charge in [-0.25, -0.2) is 10.2 Å². The minimum absolute atomic E-state index is 0.178. The molecule has 9 nitrogen and oxygen atoms in total. The SMILES string of the molecule is CCOC(=O)COc1ccc(/C=N\NC(=O)C(NC(=O)c2ccc(Cl)cc2)C(C)C)cc1OC. The van der Waals surface area contributed by atoms with E-state index in [0.29, 0.717) is 27.6 Å². The number of carbonyl (C=O) groups is 3. The van der Waals surface area contributed by atoms with Crippen LogP contribution in [0.2, 0.25) is 5.02 Å². The zero-order valence-electron chi connectivity index (χ0n) is 19.5. The number of carbonyl (C=O) groups excluding carboxylic acids is 3. The van der Waals surface area contributed by atoms with E-state index in [4.69, 9.17) is 25.8 Å². The number of hydrogen-bond acceptors (Lipinski definition) is 7. The van der Waals surface area contributed by atoms with Crippen LogP contribution in [0.4, 0.5) is 0 Å². The lowest BCUT2D eigenvalue weighted by Crippen LogP contribution is -2.48. The summed E-state index contributed by atoms with van der Waals surface area (Å²) in [6.07, 6.45) is 1.42. The molecular weight excluding hydrogens is 462 g/mol. The first-order chi connectivity index (χ1) is 16.2. The number of methoxy groups -OCH3 is 1. The lowest BCUT2D eigenvalue weighted by atomic mass is 10.0. The Morgan fingerprint density at radius 2 is 1.79 bits per heavy atom. The largest absolute Gasteiger partial charge is 0.493 e. The van der Waals surface area contributed by atoms with Crippen LogP contribution in [0.3, 0.4) is 0 Å². The highest BCUT2D eigenvalue weighted by Gasteiger charge is 2.24. The first-order valence-corrected chi connectivity index (χ1v) is 11.0. The van der Waals surface area contributed by atoms with Gasteiger partial charge in [0.25, 0.3) is 11.8 Å². The van der Waals surface area contributed by atoms with E-state index in [1.54, 1.807) is 49.4 Å². The Hall–Kier alpha value is -3.59. The molecule has 0 aliphatic carbocycles. The van der Waals surface area contributed by atoms with Crippen LogP contribution >= 0.6 is 11.6 Å². The molecule has 0 saturated heterocycles. The second-order valence-corrected chi connectivity index (χ2v) is 7.88. The number of hydrogen-bond donors (Lipinski definition) is 2. The molecular formula is C24H28ClN3O6. The number of ether oxygens (including phenoxy) is 3. The predicted octanol–water partition coefficient (Wildman–Crippen LogP) is 3.20. The number of hydrazone groups is 1. The van der Waals surface area contributed by atoms with Gasteiger partial charge in [0.15, 0.2) is 18.1 Å². The number of nitrogens with zero attached hydrogens (tertiary/aromatic N) is 1. The Labute approximate surface area is 203 Å². The summed E-state index contributed by atoms with van der Waals surface area (Å²) in [6, 6.07) is 10.5. The summed E-state index contributed by atoms with van der Waals surface area (Å²) >= 11 is 5.85. The lowest BCUT2D eigenvalue weighted by Gasteiger charge is -2.20. The Balaban J connectivity index is 2.00. The van der Waals surface area contributed by atoms with E-state index in [0.717, 1.165) is 0 Å². The summed E-state index contributed by atoms with van der Waals surface area (Å²) in [6.45, 7) is 5.36. The number of rotatable bonds is 11. The average molecular weight is 490 g/mol. The van der Waals surface area contributed by atoms with Crippen molar-refractivity contribution in [1.82, 2.24) is 10.7 Å². The summed E-state index contributed by atoms with van der Waals surface area (Å²) in [7, 11) is 1.46. The van der Waals surface area contributed by atoms with E-state index in [1.165, 1.54) is 13.3 Å². The van der Waals surface area contributed by atoms with E-state index < -0.39 is 23.8 Å². The van der Waals surface area contributed by atoms with Crippen molar-refractivity contribution in [3.8, 4) is 11.5 Å². The van der Waals surface area contributed by atoms with Gasteiger partial charge in [0.05, 0.1) is 19.9 Å². The maximum Gasteiger partial charge on any atom is 0.344 e. The molecule has 0 spiro atoms. The van der Waals surface area contributed by atoms with E-state index in [-0.39, 0.29) is 19.1 Å². The lowest BCUT2D eigenvalue weighted by molar-refractivity contribution is -0.145. The molecule has 0 aliphatic rings. The molecule has 2 amide bonds.